The average Bonchev–Trinajstić information content (AvgIpc) is 2.51. The molecule has 0 spiro atoms. The molecule has 0 heterocycles. The Hall–Kier alpha value is -1.97. The Morgan fingerprint density at radius 2 is 1.52 bits per heavy atom. The lowest BCUT2D eigenvalue weighted by Crippen LogP contribution is -2.25. The van der Waals surface area contributed by atoms with Gasteiger partial charge in [-0.3, -0.25) is 0 Å². The Morgan fingerprint density at radius 1 is 0.913 bits per heavy atom. The molecule has 0 aliphatic heterocycles. The summed E-state index contributed by atoms with van der Waals surface area (Å²) in [7, 11) is 0. The minimum atomic E-state index is -4.29. The molecule has 0 N–H and O–H groups in total. The molecule has 0 aliphatic rings. The molecule has 4 heteroatoms. The first-order valence-corrected chi connectivity index (χ1v) is 7.82. The fourth-order valence-electron chi connectivity index (χ4n) is 2.38. The van der Waals surface area contributed by atoms with Crippen LogP contribution >= 0.6 is 0 Å². The van der Waals surface area contributed by atoms with Crippen LogP contribution in [0.1, 0.15) is 31.4 Å². The van der Waals surface area contributed by atoms with E-state index in [0.29, 0.717) is 12.5 Å². The number of alkyl halides is 3. The van der Waals surface area contributed by atoms with Gasteiger partial charge in [-0.15, -0.1) is 0 Å². The number of benzene rings is 2. The van der Waals surface area contributed by atoms with Crippen LogP contribution in [0.5, 0.6) is 0 Å². The zero-order valence-corrected chi connectivity index (χ0v) is 13.5. The Morgan fingerprint density at radius 3 is 2.04 bits per heavy atom. The van der Waals surface area contributed by atoms with Gasteiger partial charge in [0.25, 0.3) is 0 Å². The van der Waals surface area contributed by atoms with E-state index < -0.39 is 11.7 Å². The third-order valence-electron chi connectivity index (χ3n) is 3.75. The molecule has 23 heavy (non-hydrogen) atoms. The number of hydrogen-bond donors (Lipinski definition) is 0. The lowest BCUT2D eigenvalue weighted by molar-refractivity contribution is -0.137. The second kappa shape index (κ2) is 7.53. The molecule has 124 valence electrons. The van der Waals surface area contributed by atoms with Gasteiger partial charge in [0.05, 0.1) is 5.56 Å². The molecule has 0 saturated heterocycles. The van der Waals surface area contributed by atoms with Crippen LogP contribution in [0.2, 0.25) is 0 Å². The first-order valence-electron chi connectivity index (χ1n) is 7.82. The fourth-order valence-corrected chi connectivity index (χ4v) is 2.38. The summed E-state index contributed by atoms with van der Waals surface area (Å²) in [6.07, 6.45) is -3.30. The molecule has 0 atom stereocenters. The van der Waals surface area contributed by atoms with Crippen LogP contribution in [0.4, 0.5) is 18.9 Å². The van der Waals surface area contributed by atoms with Crippen LogP contribution in [-0.4, -0.2) is 6.54 Å². The van der Waals surface area contributed by atoms with Crippen molar-refractivity contribution < 1.29 is 13.2 Å². The SMILES string of the molecule is CC(C)CCN(Cc1ccccc1)c1ccc(C(F)(F)F)cc1. The zero-order valence-electron chi connectivity index (χ0n) is 13.5. The van der Waals surface area contributed by atoms with Crippen LogP contribution < -0.4 is 4.90 Å². The first kappa shape index (κ1) is 17.4. The molecule has 1 nitrogen and oxygen atoms in total. The maximum atomic E-state index is 12.7. The van der Waals surface area contributed by atoms with Crippen LogP contribution in [-0.2, 0) is 12.7 Å². The second-order valence-electron chi connectivity index (χ2n) is 6.13. The van der Waals surface area contributed by atoms with Crippen molar-refractivity contribution in [2.45, 2.75) is 33.0 Å². The highest BCUT2D eigenvalue weighted by atomic mass is 19.4. The average molecular weight is 321 g/mol. The van der Waals surface area contributed by atoms with Crippen LogP contribution in [0, 0.1) is 5.92 Å². The van der Waals surface area contributed by atoms with Crippen molar-refractivity contribution in [2.24, 2.45) is 5.92 Å². The quantitative estimate of drug-likeness (QED) is 0.654. The molecule has 2 aromatic rings. The van der Waals surface area contributed by atoms with Gasteiger partial charge in [-0.25, -0.2) is 0 Å². The van der Waals surface area contributed by atoms with E-state index in [-0.39, 0.29) is 0 Å². The van der Waals surface area contributed by atoms with Crippen molar-refractivity contribution in [2.75, 3.05) is 11.4 Å². The van der Waals surface area contributed by atoms with E-state index in [1.54, 1.807) is 12.1 Å². The summed E-state index contributed by atoms with van der Waals surface area (Å²) < 4.78 is 38.1. The monoisotopic (exact) mass is 321 g/mol. The van der Waals surface area contributed by atoms with Crippen molar-refractivity contribution in [3.05, 3.63) is 65.7 Å². The van der Waals surface area contributed by atoms with E-state index in [1.165, 1.54) is 0 Å². The van der Waals surface area contributed by atoms with Gasteiger partial charge in [-0.2, -0.15) is 13.2 Å². The van der Waals surface area contributed by atoms with E-state index in [0.717, 1.165) is 36.3 Å². The van der Waals surface area contributed by atoms with E-state index >= 15 is 0 Å². The van der Waals surface area contributed by atoms with Gasteiger partial charge in [-0.1, -0.05) is 44.2 Å². The largest absolute Gasteiger partial charge is 0.416 e. The molecule has 0 amide bonds. The van der Waals surface area contributed by atoms with Gasteiger partial charge in [0.2, 0.25) is 0 Å². The summed E-state index contributed by atoms with van der Waals surface area (Å²) >= 11 is 0. The van der Waals surface area contributed by atoms with Gasteiger partial charge in [0.15, 0.2) is 0 Å². The predicted molar refractivity (Wildman–Crippen MR) is 88.4 cm³/mol. The molecule has 0 aliphatic carbocycles. The highest BCUT2D eigenvalue weighted by Gasteiger charge is 2.30. The highest BCUT2D eigenvalue weighted by molar-refractivity contribution is 5.48. The standard InChI is InChI=1S/C19H22F3N/c1-15(2)12-13-23(14-16-6-4-3-5-7-16)18-10-8-17(9-11-18)19(20,21)22/h3-11,15H,12-14H2,1-2H3. The van der Waals surface area contributed by atoms with Gasteiger partial charge in [-0.05, 0) is 42.2 Å². The van der Waals surface area contributed by atoms with Crippen molar-refractivity contribution in [1.29, 1.82) is 0 Å². The maximum Gasteiger partial charge on any atom is 0.416 e. The number of halogens is 3. The van der Waals surface area contributed by atoms with Crippen molar-refractivity contribution in [3.8, 4) is 0 Å². The molecule has 0 aromatic heterocycles. The summed E-state index contributed by atoms with van der Waals surface area (Å²) in [5.41, 5.74) is 1.36. The summed E-state index contributed by atoms with van der Waals surface area (Å²) in [4.78, 5) is 2.13. The summed E-state index contributed by atoms with van der Waals surface area (Å²) in [6, 6.07) is 15.4. The number of nitrogens with zero attached hydrogens (tertiary/aromatic N) is 1. The summed E-state index contributed by atoms with van der Waals surface area (Å²) in [6.45, 7) is 5.80. The van der Waals surface area contributed by atoms with Crippen molar-refractivity contribution >= 4 is 5.69 Å². The second-order valence-corrected chi connectivity index (χ2v) is 6.13. The molecule has 0 unspecified atom stereocenters. The number of rotatable bonds is 6. The van der Waals surface area contributed by atoms with Gasteiger partial charge in [0, 0.05) is 18.8 Å². The molecule has 0 bridgehead atoms. The van der Waals surface area contributed by atoms with Crippen molar-refractivity contribution in [3.63, 3.8) is 0 Å². The number of hydrogen-bond acceptors (Lipinski definition) is 1. The topological polar surface area (TPSA) is 3.24 Å². The Balaban J connectivity index is 2.18. The van der Waals surface area contributed by atoms with Crippen LogP contribution in [0.25, 0.3) is 0 Å². The highest BCUT2D eigenvalue weighted by Crippen LogP contribution is 2.31. The van der Waals surface area contributed by atoms with E-state index in [1.807, 2.05) is 30.3 Å². The molecule has 0 radical (unpaired) electrons. The number of anilines is 1. The van der Waals surface area contributed by atoms with Gasteiger partial charge >= 0.3 is 6.18 Å². The van der Waals surface area contributed by atoms with Crippen LogP contribution in [0.3, 0.4) is 0 Å². The van der Waals surface area contributed by atoms with E-state index in [9.17, 15) is 13.2 Å². The minimum Gasteiger partial charge on any atom is -0.367 e. The fraction of sp³-hybridized carbons (Fsp3) is 0.368. The Labute approximate surface area is 135 Å². The molecule has 0 saturated carbocycles. The van der Waals surface area contributed by atoms with Gasteiger partial charge in [0.1, 0.15) is 0 Å². The maximum absolute atomic E-state index is 12.7. The normalized spacial score (nSPS) is 11.7. The smallest absolute Gasteiger partial charge is 0.367 e. The zero-order chi connectivity index (χ0) is 16.9. The third-order valence-corrected chi connectivity index (χ3v) is 3.75. The Bertz CT molecular complexity index is 588. The van der Waals surface area contributed by atoms with E-state index in [2.05, 4.69) is 18.7 Å². The first-order chi connectivity index (χ1) is 10.9. The third kappa shape index (κ3) is 5.31. The minimum absolute atomic E-state index is 0.544. The Kier molecular flexibility index (Phi) is 5.69. The summed E-state index contributed by atoms with van der Waals surface area (Å²) in [5.74, 6) is 0.544. The van der Waals surface area contributed by atoms with Gasteiger partial charge < -0.3 is 4.90 Å². The van der Waals surface area contributed by atoms with Crippen LogP contribution in [0.15, 0.2) is 54.6 Å². The predicted octanol–water partition coefficient (Wildman–Crippen LogP) is 5.76. The molecular formula is C19H22F3N. The van der Waals surface area contributed by atoms with E-state index in [4.69, 9.17) is 0 Å². The lowest BCUT2D eigenvalue weighted by atomic mass is 10.1. The molecule has 2 rings (SSSR count). The molecular weight excluding hydrogens is 299 g/mol. The lowest BCUT2D eigenvalue weighted by Gasteiger charge is -2.26. The molecule has 0 fully saturated rings. The molecule has 2 aromatic carbocycles. The van der Waals surface area contributed by atoms with Crippen molar-refractivity contribution in [1.82, 2.24) is 0 Å². The summed E-state index contributed by atoms with van der Waals surface area (Å²) in [5, 5.41) is 0.